The molecular weight excluding hydrogens is 252 g/mol. The highest BCUT2D eigenvalue weighted by Gasteiger charge is 2.44. The lowest BCUT2D eigenvalue weighted by molar-refractivity contribution is -0.145. The van der Waals surface area contributed by atoms with E-state index in [2.05, 4.69) is 5.32 Å². The normalized spacial score (nSPS) is 26.7. The predicted molar refractivity (Wildman–Crippen MR) is 66.7 cm³/mol. The van der Waals surface area contributed by atoms with Gasteiger partial charge in [-0.2, -0.15) is 5.26 Å². The SMILES string of the molecule is CC1(CCC#N)NC(c2ccc(Cl)cc2)OC1=O. The molecule has 0 aromatic heterocycles. The third-order valence-electron chi connectivity index (χ3n) is 3.03. The zero-order valence-electron chi connectivity index (χ0n) is 9.94. The van der Waals surface area contributed by atoms with Crippen LogP contribution in [0.4, 0.5) is 0 Å². The lowest BCUT2D eigenvalue weighted by Gasteiger charge is -2.18. The molecule has 0 bridgehead atoms. The van der Waals surface area contributed by atoms with Gasteiger partial charge in [-0.3, -0.25) is 5.32 Å². The second kappa shape index (κ2) is 4.97. The van der Waals surface area contributed by atoms with E-state index in [9.17, 15) is 4.79 Å². The average Bonchev–Trinajstić information content (AvgIpc) is 2.65. The van der Waals surface area contributed by atoms with Gasteiger partial charge in [0.05, 0.1) is 6.07 Å². The second-order valence-corrected chi connectivity index (χ2v) is 4.91. The summed E-state index contributed by atoms with van der Waals surface area (Å²) in [6.07, 6.45) is 0.275. The Balaban J connectivity index is 2.13. The van der Waals surface area contributed by atoms with Gasteiger partial charge in [-0.25, -0.2) is 4.79 Å². The monoisotopic (exact) mass is 264 g/mol. The molecule has 0 radical (unpaired) electrons. The second-order valence-electron chi connectivity index (χ2n) is 4.47. The van der Waals surface area contributed by atoms with Crippen molar-refractivity contribution in [3.8, 4) is 6.07 Å². The minimum absolute atomic E-state index is 0.311. The van der Waals surface area contributed by atoms with Crippen molar-refractivity contribution < 1.29 is 9.53 Å². The Kier molecular flexibility index (Phi) is 3.55. The molecule has 0 saturated carbocycles. The molecule has 1 fully saturated rings. The van der Waals surface area contributed by atoms with Crippen LogP contribution in [0.25, 0.3) is 0 Å². The van der Waals surface area contributed by atoms with Crippen LogP contribution in [0.3, 0.4) is 0 Å². The molecule has 5 heteroatoms. The Bertz CT molecular complexity index is 495. The summed E-state index contributed by atoms with van der Waals surface area (Å²) in [5.74, 6) is -0.322. The minimum atomic E-state index is -0.792. The van der Waals surface area contributed by atoms with Crippen molar-refractivity contribution >= 4 is 17.6 Å². The molecule has 0 aliphatic carbocycles. The van der Waals surface area contributed by atoms with E-state index in [1.807, 2.05) is 18.2 Å². The Labute approximate surface area is 111 Å². The highest BCUT2D eigenvalue weighted by Crippen LogP contribution is 2.30. The molecule has 0 spiro atoms. The summed E-state index contributed by atoms with van der Waals surface area (Å²) in [6.45, 7) is 1.75. The molecule has 1 saturated heterocycles. The maximum absolute atomic E-state index is 11.8. The van der Waals surface area contributed by atoms with Gasteiger partial charge in [0, 0.05) is 17.0 Å². The van der Waals surface area contributed by atoms with Crippen molar-refractivity contribution in [2.45, 2.75) is 31.5 Å². The van der Waals surface area contributed by atoms with E-state index in [4.69, 9.17) is 21.6 Å². The molecule has 1 aliphatic heterocycles. The lowest BCUT2D eigenvalue weighted by Crippen LogP contribution is -2.42. The van der Waals surface area contributed by atoms with Crippen LogP contribution in [0.1, 0.15) is 31.6 Å². The third-order valence-corrected chi connectivity index (χ3v) is 3.29. The standard InChI is InChI=1S/C13H13ClN2O2/c1-13(7-2-8-15)12(17)18-11(16-13)9-3-5-10(14)6-4-9/h3-6,11,16H,2,7H2,1H3. The third kappa shape index (κ3) is 2.47. The van der Waals surface area contributed by atoms with Crippen molar-refractivity contribution in [3.63, 3.8) is 0 Å². The van der Waals surface area contributed by atoms with Crippen LogP contribution in [0.2, 0.25) is 5.02 Å². The summed E-state index contributed by atoms with van der Waals surface area (Å²) in [7, 11) is 0. The first-order valence-corrected chi connectivity index (χ1v) is 6.04. The fraction of sp³-hybridized carbons (Fsp3) is 0.385. The van der Waals surface area contributed by atoms with Crippen LogP contribution in [-0.2, 0) is 9.53 Å². The highest BCUT2D eigenvalue weighted by atomic mass is 35.5. The first-order chi connectivity index (χ1) is 8.55. The summed E-state index contributed by atoms with van der Waals surface area (Å²) in [5.41, 5.74) is 0.0495. The van der Waals surface area contributed by atoms with Crippen LogP contribution >= 0.6 is 11.6 Å². The van der Waals surface area contributed by atoms with Crippen LogP contribution in [-0.4, -0.2) is 11.5 Å². The van der Waals surface area contributed by atoms with Gasteiger partial charge >= 0.3 is 5.97 Å². The Morgan fingerprint density at radius 2 is 2.17 bits per heavy atom. The fourth-order valence-corrected chi connectivity index (χ4v) is 2.01. The number of benzene rings is 1. The zero-order valence-corrected chi connectivity index (χ0v) is 10.7. The number of nitriles is 1. The molecular formula is C13H13ClN2O2. The molecule has 18 heavy (non-hydrogen) atoms. The summed E-state index contributed by atoms with van der Waals surface area (Å²) >= 11 is 5.81. The van der Waals surface area contributed by atoms with Gasteiger partial charge in [-0.05, 0) is 25.5 Å². The summed E-state index contributed by atoms with van der Waals surface area (Å²) in [4.78, 5) is 11.8. The summed E-state index contributed by atoms with van der Waals surface area (Å²) in [5, 5.41) is 12.4. The van der Waals surface area contributed by atoms with Gasteiger partial charge in [0.15, 0.2) is 6.23 Å². The van der Waals surface area contributed by atoms with Gasteiger partial charge < -0.3 is 4.74 Å². The number of rotatable bonds is 3. The van der Waals surface area contributed by atoms with Crippen molar-refractivity contribution in [2.75, 3.05) is 0 Å². The minimum Gasteiger partial charge on any atom is -0.441 e. The first kappa shape index (κ1) is 12.9. The van der Waals surface area contributed by atoms with Gasteiger partial charge in [0.2, 0.25) is 0 Å². The van der Waals surface area contributed by atoms with Crippen LogP contribution < -0.4 is 5.32 Å². The van der Waals surface area contributed by atoms with Crippen molar-refractivity contribution in [2.24, 2.45) is 0 Å². The van der Waals surface area contributed by atoms with E-state index in [0.29, 0.717) is 17.9 Å². The van der Waals surface area contributed by atoms with Crippen LogP contribution in [0, 0.1) is 11.3 Å². The molecule has 94 valence electrons. The number of hydrogen-bond acceptors (Lipinski definition) is 4. The molecule has 4 nitrogen and oxygen atoms in total. The fourth-order valence-electron chi connectivity index (χ4n) is 1.88. The van der Waals surface area contributed by atoms with Crippen LogP contribution in [0.5, 0.6) is 0 Å². The average molecular weight is 265 g/mol. The van der Waals surface area contributed by atoms with Crippen molar-refractivity contribution in [1.29, 1.82) is 5.26 Å². The summed E-state index contributed by atoms with van der Waals surface area (Å²) < 4.78 is 5.30. The van der Waals surface area contributed by atoms with E-state index in [1.54, 1.807) is 19.1 Å². The largest absolute Gasteiger partial charge is 0.441 e. The van der Waals surface area contributed by atoms with Crippen LogP contribution in [0.15, 0.2) is 24.3 Å². The number of hydrogen-bond donors (Lipinski definition) is 1. The van der Waals surface area contributed by atoms with Gasteiger partial charge in [-0.15, -0.1) is 0 Å². The molecule has 1 aliphatic rings. The summed E-state index contributed by atoms with van der Waals surface area (Å²) in [6, 6.07) is 9.15. The zero-order chi connectivity index (χ0) is 13.2. The first-order valence-electron chi connectivity index (χ1n) is 5.66. The van der Waals surface area contributed by atoms with E-state index in [0.717, 1.165) is 5.56 Å². The molecule has 1 N–H and O–H groups in total. The molecule has 2 atom stereocenters. The van der Waals surface area contributed by atoms with E-state index < -0.39 is 11.8 Å². The highest BCUT2D eigenvalue weighted by molar-refractivity contribution is 6.30. The number of carbonyl (C=O) groups is 1. The quantitative estimate of drug-likeness (QED) is 0.853. The number of halogens is 1. The topological polar surface area (TPSA) is 62.1 Å². The number of cyclic esters (lactones) is 1. The number of esters is 1. The molecule has 1 aromatic rings. The van der Waals surface area contributed by atoms with E-state index >= 15 is 0 Å². The predicted octanol–water partition coefficient (Wildman–Crippen LogP) is 2.55. The van der Waals surface area contributed by atoms with E-state index in [1.165, 1.54) is 0 Å². The Hall–Kier alpha value is -1.57. The smallest absolute Gasteiger partial charge is 0.328 e. The molecule has 1 aromatic carbocycles. The molecule has 1 heterocycles. The molecule has 2 rings (SSSR count). The van der Waals surface area contributed by atoms with Gasteiger partial charge in [-0.1, -0.05) is 23.7 Å². The van der Waals surface area contributed by atoms with E-state index in [-0.39, 0.29) is 5.97 Å². The Morgan fingerprint density at radius 1 is 1.50 bits per heavy atom. The van der Waals surface area contributed by atoms with Gasteiger partial charge in [0.1, 0.15) is 5.54 Å². The molecule has 0 amide bonds. The molecule has 2 unspecified atom stereocenters. The van der Waals surface area contributed by atoms with Gasteiger partial charge in [0.25, 0.3) is 0 Å². The number of nitrogens with zero attached hydrogens (tertiary/aromatic N) is 1. The van der Waals surface area contributed by atoms with Crippen molar-refractivity contribution in [1.82, 2.24) is 5.32 Å². The number of nitrogens with one attached hydrogen (secondary N) is 1. The van der Waals surface area contributed by atoms with Crippen molar-refractivity contribution in [3.05, 3.63) is 34.9 Å². The maximum Gasteiger partial charge on any atom is 0.328 e. The number of carbonyl (C=O) groups excluding carboxylic acids is 1. The maximum atomic E-state index is 11.8. The number of ether oxygens (including phenoxy) is 1. The Morgan fingerprint density at radius 3 is 2.78 bits per heavy atom. The lowest BCUT2D eigenvalue weighted by atomic mass is 9.97.